The van der Waals surface area contributed by atoms with Crippen LogP contribution in [0.15, 0.2) is 17.6 Å². The molecule has 1 amide bonds. The molecule has 1 aliphatic heterocycles. The minimum absolute atomic E-state index is 0.206. The molecule has 134 valence electrons. The van der Waals surface area contributed by atoms with Gasteiger partial charge in [0.25, 0.3) is 5.91 Å². The third-order valence-corrected chi connectivity index (χ3v) is 4.47. The quantitative estimate of drug-likeness (QED) is 0.829. The first-order valence-electron chi connectivity index (χ1n) is 7.61. The first-order valence-corrected chi connectivity index (χ1v) is 8.49. The van der Waals surface area contributed by atoms with E-state index in [1.165, 1.54) is 11.3 Å². The number of halogens is 3. The van der Waals surface area contributed by atoms with Crippen LogP contribution < -0.4 is 4.74 Å². The average Bonchev–Trinajstić information content (AvgIpc) is 3.00. The number of nitrogens with zero attached hydrogens (tertiary/aromatic N) is 4. The molecule has 2 aromatic rings. The van der Waals surface area contributed by atoms with Crippen LogP contribution in [-0.2, 0) is 6.18 Å². The molecule has 3 heterocycles. The first-order chi connectivity index (χ1) is 11.8. The smallest absolute Gasteiger partial charge is 0.433 e. The molecular formula is C15H15F3N4O2S. The van der Waals surface area contributed by atoms with E-state index >= 15 is 0 Å². The molecule has 0 bridgehead atoms. The summed E-state index contributed by atoms with van der Waals surface area (Å²) in [4.78, 5) is 25.3. The van der Waals surface area contributed by atoms with Gasteiger partial charge in [-0.15, -0.1) is 11.3 Å². The molecule has 1 aliphatic rings. The number of hydrogen-bond donors (Lipinski definition) is 0. The number of hydrogen-bond acceptors (Lipinski definition) is 6. The van der Waals surface area contributed by atoms with Crippen LogP contribution in [0.2, 0.25) is 0 Å². The Balaban J connectivity index is 1.67. The second-order valence-electron chi connectivity index (χ2n) is 5.61. The highest BCUT2D eigenvalue weighted by Crippen LogP contribution is 2.28. The van der Waals surface area contributed by atoms with Crippen molar-refractivity contribution in [3.63, 3.8) is 0 Å². The summed E-state index contributed by atoms with van der Waals surface area (Å²) in [7, 11) is 0. The molecule has 0 N–H and O–H groups in total. The Morgan fingerprint density at radius 3 is 2.88 bits per heavy atom. The van der Waals surface area contributed by atoms with E-state index in [4.69, 9.17) is 4.74 Å². The summed E-state index contributed by atoms with van der Waals surface area (Å²) in [5.41, 5.74) is -0.683. The Bertz CT molecular complexity index is 765. The van der Waals surface area contributed by atoms with Gasteiger partial charge in [-0.05, 0) is 25.8 Å². The van der Waals surface area contributed by atoms with Crippen LogP contribution in [0, 0.1) is 6.92 Å². The Morgan fingerprint density at radius 1 is 1.40 bits per heavy atom. The maximum absolute atomic E-state index is 12.7. The zero-order chi connectivity index (χ0) is 18.0. The summed E-state index contributed by atoms with van der Waals surface area (Å²) in [5.74, 6) is -0.206. The number of alkyl halides is 3. The van der Waals surface area contributed by atoms with Crippen LogP contribution in [0.1, 0.15) is 34.0 Å². The van der Waals surface area contributed by atoms with Gasteiger partial charge in [0.2, 0.25) is 0 Å². The molecule has 0 saturated carbocycles. The predicted molar refractivity (Wildman–Crippen MR) is 83.4 cm³/mol. The second-order valence-corrected chi connectivity index (χ2v) is 6.67. The van der Waals surface area contributed by atoms with E-state index in [-0.39, 0.29) is 18.5 Å². The molecule has 3 rings (SSSR count). The van der Waals surface area contributed by atoms with E-state index in [0.29, 0.717) is 25.1 Å². The Morgan fingerprint density at radius 2 is 2.20 bits per heavy atom. The zero-order valence-corrected chi connectivity index (χ0v) is 14.1. The van der Waals surface area contributed by atoms with Gasteiger partial charge in [-0.3, -0.25) is 4.79 Å². The molecule has 25 heavy (non-hydrogen) atoms. The summed E-state index contributed by atoms with van der Waals surface area (Å²) in [6, 6.07) is 0.451. The van der Waals surface area contributed by atoms with Gasteiger partial charge in [-0.2, -0.15) is 18.2 Å². The number of amides is 1. The van der Waals surface area contributed by atoms with Crippen molar-refractivity contribution in [2.24, 2.45) is 0 Å². The Labute approximate surface area is 145 Å². The molecule has 1 atom stereocenters. The normalized spacial score (nSPS) is 18.2. The van der Waals surface area contributed by atoms with Crippen LogP contribution in [-0.4, -0.2) is 45.0 Å². The summed E-state index contributed by atoms with van der Waals surface area (Å²) < 4.78 is 43.6. The van der Waals surface area contributed by atoms with E-state index in [1.54, 1.807) is 10.3 Å². The lowest BCUT2D eigenvalue weighted by atomic mass is 10.1. The lowest BCUT2D eigenvalue weighted by molar-refractivity contribution is -0.141. The van der Waals surface area contributed by atoms with Crippen molar-refractivity contribution in [3.8, 4) is 6.01 Å². The fourth-order valence-electron chi connectivity index (χ4n) is 2.55. The number of carbonyl (C=O) groups is 1. The molecule has 0 spiro atoms. The number of aromatic nitrogens is 3. The van der Waals surface area contributed by atoms with E-state index in [9.17, 15) is 18.0 Å². The minimum atomic E-state index is -4.56. The summed E-state index contributed by atoms with van der Waals surface area (Å²) in [6.45, 7) is 2.63. The molecular weight excluding hydrogens is 357 g/mol. The SMILES string of the molecule is Cc1nc(C(=O)N2CCCC(Oc3nccc(C(F)(F)F)n3)C2)cs1. The molecule has 0 radical (unpaired) electrons. The molecule has 1 unspecified atom stereocenters. The lowest BCUT2D eigenvalue weighted by Crippen LogP contribution is -2.44. The highest BCUT2D eigenvalue weighted by Gasteiger charge is 2.33. The summed E-state index contributed by atoms with van der Waals surface area (Å²) >= 11 is 1.39. The van der Waals surface area contributed by atoms with E-state index < -0.39 is 18.0 Å². The number of rotatable bonds is 3. The second kappa shape index (κ2) is 6.95. The van der Waals surface area contributed by atoms with Gasteiger partial charge in [0.05, 0.1) is 11.6 Å². The topological polar surface area (TPSA) is 68.2 Å². The van der Waals surface area contributed by atoms with Crippen molar-refractivity contribution in [2.45, 2.75) is 32.0 Å². The largest absolute Gasteiger partial charge is 0.458 e. The zero-order valence-electron chi connectivity index (χ0n) is 13.3. The molecule has 2 aromatic heterocycles. The predicted octanol–water partition coefficient (Wildman–Crippen LogP) is 2.94. The number of thiazole rings is 1. The van der Waals surface area contributed by atoms with E-state index in [1.807, 2.05) is 6.92 Å². The average molecular weight is 372 g/mol. The first kappa shape index (κ1) is 17.6. The Hall–Kier alpha value is -2.23. The maximum atomic E-state index is 12.7. The number of carbonyl (C=O) groups excluding carboxylic acids is 1. The minimum Gasteiger partial charge on any atom is -0.458 e. The van der Waals surface area contributed by atoms with Gasteiger partial charge in [-0.1, -0.05) is 0 Å². The number of aryl methyl sites for hydroxylation is 1. The van der Waals surface area contributed by atoms with Crippen LogP contribution in [0.5, 0.6) is 6.01 Å². The number of ether oxygens (including phenoxy) is 1. The summed E-state index contributed by atoms with van der Waals surface area (Å²) in [5, 5.41) is 2.49. The summed E-state index contributed by atoms with van der Waals surface area (Å²) in [6.07, 6.45) is -2.72. The van der Waals surface area contributed by atoms with Gasteiger partial charge in [-0.25, -0.2) is 9.97 Å². The van der Waals surface area contributed by atoms with Crippen LogP contribution >= 0.6 is 11.3 Å². The highest BCUT2D eigenvalue weighted by atomic mass is 32.1. The molecule has 0 aromatic carbocycles. The van der Waals surface area contributed by atoms with Crippen molar-refractivity contribution in [3.05, 3.63) is 34.0 Å². The third-order valence-electron chi connectivity index (χ3n) is 3.70. The van der Waals surface area contributed by atoms with Crippen LogP contribution in [0.3, 0.4) is 0 Å². The van der Waals surface area contributed by atoms with Crippen molar-refractivity contribution >= 4 is 17.2 Å². The van der Waals surface area contributed by atoms with E-state index in [2.05, 4.69) is 15.0 Å². The van der Waals surface area contributed by atoms with Crippen molar-refractivity contribution in [2.75, 3.05) is 13.1 Å². The molecule has 0 aliphatic carbocycles. The van der Waals surface area contributed by atoms with Gasteiger partial charge in [0, 0.05) is 18.1 Å². The van der Waals surface area contributed by atoms with Crippen molar-refractivity contribution in [1.29, 1.82) is 0 Å². The molecule has 10 heteroatoms. The Kier molecular flexibility index (Phi) is 4.89. The molecule has 6 nitrogen and oxygen atoms in total. The fourth-order valence-corrected chi connectivity index (χ4v) is 3.13. The standard InChI is InChI=1S/C15H15F3N4O2S/c1-9-20-11(8-25-9)13(23)22-6-2-3-10(7-22)24-14-19-5-4-12(21-14)15(16,17)18/h4-5,8,10H,2-3,6-7H2,1H3. The van der Waals surface area contributed by atoms with Crippen LogP contribution in [0.25, 0.3) is 0 Å². The van der Waals surface area contributed by atoms with Crippen molar-refractivity contribution in [1.82, 2.24) is 19.9 Å². The number of piperidine rings is 1. The van der Waals surface area contributed by atoms with Crippen LogP contribution in [0.4, 0.5) is 13.2 Å². The highest BCUT2D eigenvalue weighted by molar-refractivity contribution is 7.09. The third kappa shape index (κ3) is 4.25. The van der Waals surface area contributed by atoms with Gasteiger partial charge in [0.1, 0.15) is 11.8 Å². The van der Waals surface area contributed by atoms with Crippen molar-refractivity contribution < 1.29 is 22.7 Å². The van der Waals surface area contributed by atoms with Gasteiger partial charge in [0.15, 0.2) is 5.69 Å². The fraction of sp³-hybridized carbons (Fsp3) is 0.467. The molecule has 1 fully saturated rings. The lowest BCUT2D eigenvalue weighted by Gasteiger charge is -2.32. The number of likely N-dealkylation sites (tertiary alicyclic amines) is 1. The maximum Gasteiger partial charge on any atom is 0.433 e. The van der Waals surface area contributed by atoms with Gasteiger partial charge < -0.3 is 9.64 Å². The van der Waals surface area contributed by atoms with Gasteiger partial charge >= 0.3 is 12.2 Å². The monoisotopic (exact) mass is 372 g/mol. The van der Waals surface area contributed by atoms with E-state index in [0.717, 1.165) is 17.3 Å². The molecule has 1 saturated heterocycles.